The topological polar surface area (TPSA) is 110 Å². The third-order valence-electron chi connectivity index (χ3n) is 8.16. The number of para-hydroxylation sites is 1. The SMILES string of the molecule is COc1cc2ccc1Oc1cccc(F)c1CNC(=O)CCCN(C(=O)c1cc(C3CC3)nc3ccccc13)CCCNC2=O. The van der Waals surface area contributed by atoms with Crippen molar-refractivity contribution in [1.29, 1.82) is 0 Å². The van der Waals surface area contributed by atoms with E-state index in [0.29, 0.717) is 61.0 Å². The molecule has 0 spiro atoms. The Morgan fingerprint density at radius 1 is 0.978 bits per heavy atom. The van der Waals surface area contributed by atoms with Crippen LogP contribution < -0.4 is 20.1 Å². The summed E-state index contributed by atoms with van der Waals surface area (Å²) in [6, 6.07) is 18.7. The molecule has 0 saturated heterocycles. The van der Waals surface area contributed by atoms with Crippen LogP contribution in [0.1, 0.15) is 70.0 Å². The number of carbonyl (C=O) groups excluding carboxylic acids is 3. The number of hydrogen-bond donors (Lipinski definition) is 2. The summed E-state index contributed by atoms with van der Waals surface area (Å²) in [6.07, 6.45) is 3.18. The highest BCUT2D eigenvalue weighted by Crippen LogP contribution is 2.40. The quantitative estimate of drug-likeness (QED) is 0.307. The first-order valence-electron chi connectivity index (χ1n) is 15.3. The van der Waals surface area contributed by atoms with Gasteiger partial charge in [-0.05, 0) is 68.1 Å². The molecule has 2 N–H and O–H groups in total. The third-order valence-corrected chi connectivity index (χ3v) is 8.16. The summed E-state index contributed by atoms with van der Waals surface area (Å²) in [7, 11) is 1.46. The van der Waals surface area contributed by atoms with E-state index in [0.717, 1.165) is 29.4 Å². The number of benzene rings is 3. The van der Waals surface area contributed by atoms with Crippen LogP contribution in [0.5, 0.6) is 17.2 Å². The number of ether oxygens (including phenoxy) is 2. The van der Waals surface area contributed by atoms with Gasteiger partial charge in [-0.25, -0.2) is 4.39 Å². The van der Waals surface area contributed by atoms with Crippen molar-refractivity contribution >= 4 is 28.6 Å². The maximum absolute atomic E-state index is 14.9. The van der Waals surface area contributed by atoms with Gasteiger partial charge in [0.05, 0.1) is 18.2 Å². The van der Waals surface area contributed by atoms with E-state index >= 15 is 0 Å². The molecule has 1 aromatic heterocycles. The monoisotopic (exact) mass is 610 g/mol. The first kappa shape index (κ1) is 30.1. The molecule has 0 atom stereocenters. The van der Waals surface area contributed by atoms with Crippen LogP contribution in [0, 0.1) is 5.82 Å². The summed E-state index contributed by atoms with van der Waals surface area (Å²) in [4.78, 5) is 46.5. The summed E-state index contributed by atoms with van der Waals surface area (Å²) in [5.74, 6) is -0.0462. The average molecular weight is 611 g/mol. The maximum atomic E-state index is 14.9. The average Bonchev–Trinajstić information content (AvgIpc) is 3.90. The molecule has 3 heterocycles. The molecule has 0 radical (unpaired) electrons. The summed E-state index contributed by atoms with van der Waals surface area (Å²) >= 11 is 0. The molecule has 10 heteroatoms. The molecule has 1 saturated carbocycles. The summed E-state index contributed by atoms with van der Waals surface area (Å²) in [5.41, 5.74) is 2.85. The highest BCUT2D eigenvalue weighted by Gasteiger charge is 2.28. The van der Waals surface area contributed by atoms with Gasteiger partial charge < -0.3 is 25.0 Å². The molecule has 0 unspecified atom stereocenters. The molecular weight excluding hydrogens is 575 g/mol. The smallest absolute Gasteiger partial charge is 0.254 e. The van der Waals surface area contributed by atoms with Crippen LogP contribution in [-0.2, 0) is 11.3 Å². The Morgan fingerprint density at radius 2 is 1.80 bits per heavy atom. The first-order chi connectivity index (χ1) is 21.9. The molecule has 1 fully saturated rings. The Morgan fingerprint density at radius 3 is 2.62 bits per heavy atom. The van der Waals surface area contributed by atoms with Crippen LogP contribution in [0.4, 0.5) is 4.39 Å². The number of hydrogen-bond acceptors (Lipinski definition) is 6. The molecule has 1 aliphatic carbocycles. The lowest BCUT2D eigenvalue weighted by Gasteiger charge is -2.24. The van der Waals surface area contributed by atoms with Gasteiger partial charge in [0.2, 0.25) is 5.91 Å². The highest BCUT2D eigenvalue weighted by atomic mass is 19.1. The molecule has 2 aliphatic heterocycles. The number of pyridine rings is 1. The fraction of sp³-hybridized carbons (Fsp3) is 0.314. The van der Waals surface area contributed by atoms with E-state index in [4.69, 9.17) is 14.5 Å². The van der Waals surface area contributed by atoms with Gasteiger partial charge in [0.25, 0.3) is 11.8 Å². The van der Waals surface area contributed by atoms with E-state index in [1.807, 2.05) is 30.3 Å². The normalized spacial score (nSPS) is 16.4. The van der Waals surface area contributed by atoms with Crippen LogP contribution in [0.15, 0.2) is 66.7 Å². The molecule has 45 heavy (non-hydrogen) atoms. The Bertz CT molecular complexity index is 1760. The lowest BCUT2D eigenvalue weighted by molar-refractivity contribution is -0.121. The summed E-state index contributed by atoms with van der Waals surface area (Å²) in [5, 5.41) is 6.50. The molecule has 4 aromatic rings. The number of methoxy groups -OCH3 is 1. The van der Waals surface area contributed by atoms with Crippen molar-refractivity contribution in [2.45, 2.75) is 44.6 Å². The van der Waals surface area contributed by atoms with Crippen molar-refractivity contribution in [3.63, 3.8) is 0 Å². The summed E-state index contributed by atoms with van der Waals surface area (Å²) in [6.45, 7) is 0.965. The van der Waals surface area contributed by atoms with E-state index in [-0.39, 0.29) is 42.0 Å². The second kappa shape index (κ2) is 13.3. The lowest BCUT2D eigenvalue weighted by Crippen LogP contribution is -2.36. The van der Waals surface area contributed by atoms with Crippen molar-refractivity contribution in [1.82, 2.24) is 20.5 Å². The van der Waals surface area contributed by atoms with Gasteiger partial charge in [0.1, 0.15) is 11.6 Å². The minimum absolute atomic E-state index is 0.0841. The number of amides is 3. The first-order valence-corrected chi connectivity index (χ1v) is 15.3. The predicted octanol–water partition coefficient (Wildman–Crippen LogP) is 5.72. The van der Waals surface area contributed by atoms with Gasteiger partial charge in [-0.3, -0.25) is 19.4 Å². The Labute approximate surface area is 260 Å². The third kappa shape index (κ3) is 6.90. The van der Waals surface area contributed by atoms with Crippen molar-refractivity contribution in [2.24, 2.45) is 0 Å². The molecular formula is C35H35FN4O5. The molecule has 3 amide bonds. The molecule has 3 aromatic carbocycles. The second-order valence-corrected chi connectivity index (χ2v) is 11.4. The highest BCUT2D eigenvalue weighted by molar-refractivity contribution is 6.06. The zero-order chi connectivity index (χ0) is 31.3. The number of aromatic nitrogens is 1. The van der Waals surface area contributed by atoms with Crippen LogP contribution in [0.3, 0.4) is 0 Å². The molecule has 7 rings (SSSR count). The molecule has 2 bridgehead atoms. The predicted molar refractivity (Wildman–Crippen MR) is 167 cm³/mol. The van der Waals surface area contributed by atoms with E-state index in [1.165, 1.54) is 19.2 Å². The van der Waals surface area contributed by atoms with Gasteiger partial charge in [-0.15, -0.1) is 0 Å². The maximum Gasteiger partial charge on any atom is 0.254 e. The van der Waals surface area contributed by atoms with Crippen LogP contribution in [0.25, 0.3) is 10.9 Å². The number of carbonyl (C=O) groups is 3. The Kier molecular flexibility index (Phi) is 8.91. The van der Waals surface area contributed by atoms with E-state index in [1.54, 1.807) is 29.2 Å². The van der Waals surface area contributed by atoms with Crippen molar-refractivity contribution in [2.75, 3.05) is 26.7 Å². The van der Waals surface area contributed by atoms with Crippen molar-refractivity contribution < 1.29 is 28.2 Å². The fourth-order valence-electron chi connectivity index (χ4n) is 5.54. The van der Waals surface area contributed by atoms with Gasteiger partial charge in [-0.2, -0.15) is 0 Å². The molecule has 232 valence electrons. The van der Waals surface area contributed by atoms with Gasteiger partial charge in [0, 0.05) is 60.7 Å². The Hall–Kier alpha value is -4.99. The zero-order valence-electron chi connectivity index (χ0n) is 25.1. The zero-order valence-corrected chi connectivity index (χ0v) is 25.1. The number of fused-ring (bicyclic) bond motifs is 14. The standard InChI is InChI=1S/C35H35FN4O5/c1-44-32-19-23-14-15-31(32)45-30-10-4-8-27(36)26(30)21-38-33(41)11-5-17-40(18-6-16-37-34(23)42)35(43)25-20-29(22-12-13-22)39-28-9-3-2-7-24(25)28/h2-4,7-10,14-15,19-20,22H,5-6,11-13,16-18,21H2,1H3,(H,37,42)(H,38,41). The summed E-state index contributed by atoms with van der Waals surface area (Å²) < 4.78 is 26.4. The largest absolute Gasteiger partial charge is 0.493 e. The van der Waals surface area contributed by atoms with Crippen LogP contribution in [0.2, 0.25) is 0 Å². The minimum Gasteiger partial charge on any atom is -0.493 e. The Balaban J connectivity index is 1.27. The second-order valence-electron chi connectivity index (χ2n) is 11.4. The van der Waals surface area contributed by atoms with Gasteiger partial charge in [0.15, 0.2) is 11.5 Å². The molecule has 9 nitrogen and oxygen atoms in total. The van der Waals surface area contributed by atoms with E-state index in [9.17, 15) is 18.8 Å². The molecule has 3 aliphatic rings. The van der Waals surface area contributed by atoms with Gasteiger partial charge in [-0.1, -0.05) is 24.3 Å². The number of nitrogens with zero attached hydrogens (tertiary/aromatic N) is 2. The fourth-order valence-corrected chi connectivity index (χ4v) is 5.54. The van der Waals surface area contributed by atoms with Gasteiger partial charge >= 0.3 is 0 Å². The number of nitrogens with one attached hydrogen (secondary N) is 2. The van der Waals surface area contributed by atoms with E-state index in [2.05, 4.69) is 10.6 Å². The number of halogens is 1. The van der Waals surface area contributed by atoms with Crippen LogP contribution >= 0.6 is 0 Å². The minimum atomic E-state index is -0.527. The lowest BCUT2D eigenvalue weighted by atomic mass is 10.0. The van der Waals surface area contributed by atoms with Crippen molar-refractivity contribution in [3.05, 3.63) is 94.9 Å². The number of rotatable bonds is 3. The van der Waals surface area contributed by atoms with E-state index < -0.39 is 5.82 Å². The van der Waals surface area contributed by atoms with Crippen molar-refractivity contribution in [3.8, 4) is 17.2 Å². The van der Waals surface area contributed by atoms with Crippen LogP contribution in [-0.4, -0.2) is 54.3 Å².